The number of hydrogen-bond donors (Lipinski definition) is 2. The second-order valence-corrected chi connectivity index (χ2v) is 7.51. The van der Waals surface area contributed by atoms with E-state index in [-0.39, 0.29) is 11.4 Å². The third-order valence-electron chi connectivity index (χ3n) is 5.41. The monoisotopic (exact) mass is 424 g/mol. The van der Waals surface area contributed by atoms with Gasteiger partial charge < -0.3 is 20.3 Å². The minimum atomic E-state index is -0.609. The van der Waals surface area contributed by atoms with Crippen LogP contribution < -0.4 is 20.3 Å². The third-order valence-corrected chi connectivity index (χ3v) is 5.41. The number of nitrogens with zero attached hydrogens (tertiary/aromatic N) is 4. The Balaban J connectivity index is 1.38. The molecule has 2 N–H and O–H groups in total. The molecule has 0 saturated carbocycles. The van der Waals surface area contributed by atoms with Crippen LogP contribution in [0.25, 0.3) is 11.3 Å². The van der Waals surface area contributed by atoms with Crippen LogP contribution in [0.2, 0.25) is 0 Å². The van der Waals surface area contributed by atoms with E-state index in [9.17, 15) is 8.78 Å². The zero-order chi connectivity index (χ0) is 21.2. The van der Waals surface area contributed by atoms with Gasteiger partial charge in [-0.3, -0.25) is 4.98 Å². The number of hydrogen-bond acceptors (Lipinski definition) is 7. The fraction of sp³-hybridized carbons (Fsp3) is 0.318. The Hall–Kier alpha value is -3.33. The molecule has 2 aliphatic rings. The first-order chi connectivity index (χ1) is 15.2. The number of piperazine rings is 1. The number of rotatable bonds is 4. The Bertz CT molecular complexity index is 1090. The normalized spacial score (nSPS) is 15.7. The van der Waals surface area contributed by atoms with Crippen molar-refractivity contribution in [2.75, 3.05) is 49.5 Å². The standard InChI is InChI=1S/C22H22F2N6O/c23-17-9-14(10-19-22(17)31-8-5-26-19)21-18(24)13-28-20(29-21)11-15-1-2-16(12-27-15)30-6-3-25-4-7-30/h1-2,9-10,12-13,25-26H,3-8,11H2. The number of anilines is 2. The molecule has 1 saturated heterocycles. The van der Waals surface area contributed by atoms with E-state index in [4.69, 9.17) is 4.74 Å². The number of aromatic nitrogens is 3. The molecule has 31 heavy (non-hydrogen) atoms. The molecule has 3 aromatic rings. The molecule has 1 aromatic carbocycles. The van der Waals surface area contributed by atoms with Gasteiger partial charge in [0.2, 0.25) is 0 Å². The van der Waals surface area contributed by atoms with Gasteiger partial charge in [-0.2, -0.15) is 0 Å². The molecule has 0 amide bonds. The number of pyridine rings is 1. The van der Waals surface area contributed by atoms with Crippen LogP contribution in [0, 0.1) is 11.6 Å². The van der Waals surface area contributed by atoms with Crippen molar-refractivity contribution < 1.29 is 13.5 Å². The minimum Gasteiger partial charge on any atom is -0.486 e. The van der Waals surface area contributed by atoms with E-state index in [1.54, 1.807) is 6.07 Å². The Morgan fingerprint density at radius 1 is 1.00 bits per heavy atom. The Morgan fingerprint density at radius 2 is 1.87 bits per heavy atom. The van der Waals surface area contributed by atoms with E-state index in [1.165, 1.54) is 6.07 Å². The summed E-state index contributed by atoms with van der Waals surface area (Å²) in [5.41, 5.74) is 2.73. The van der Waals surface area contributed by atoms with Crippen LogP contribution in [0.5, 0.6) is 5.75 Å². The molecule has 2 aliphatic heterocycles. The highest BCUT2D eigenvalue weighted by atomic mass is 19.1. The first kappa shape index (κ1) is 19.6. The van der Waals surface area contributed by atoms with Gasteiger partial charge in [-0.05, 0) is 24.3 Å². The van der Waals surface area contributed by atoms with Gasteiger partial charge in [0.15, 0.2) is 17.4 Å². The molecule has 0 spiro atoms. The van der Waals surface area contributed by atoms with Gasteiger partial charge in [-0.1, -0.05) is 0 Å². The summed E-state index contributed by atoms with van der Waals surface area (Å²) >= 11 is 0. The van der Waals surface area contributed by atoms with Crippen LogP contribution in [0.1, 0.15) is 11.5 Å². The molecule has 0 unspecified atom stereocenters. The van der Waals surface area contributed by atoms with Crippen molar-refractivity contribution in [2.45, 2.75) is 6.42 Å². The minimum absolute atomic E-state index is 0.0523. The lowest BCUT2D eigenvalue weighted by molar-refractivity contribution is 0.306. The number of fused-ring (bicyclic) bond motifs is 1. The predicted molar refractivity (Wildman–Crippen MR) is 113 cm³/mol. The fourth-order valence-electron chi connectivity index (χ4n) is 3.83. The van der Waals surface area contributed by atoms with E-state index in [0.717, 1.165) is 43.8 Å². The smallest absolute Gasteiger partial charge is 0.178 e. The Labute approximate surface area is 178 Å². The molecule has 9 heteroatoms. The summed E-state index contributed by atoms with van der Waals surface area (Å²) in [6.45, 7) is 4.75. The molecular weight excluding hydrogens is 402 g/mol. The van der Waals surface area contributed by atoms with Crippen LogP contribution in [0.15, 0.2) is 36.7 Å². The van der Waals surface area contributed by atoms with Crippen molar-refractivity contribution in [3.8, 4) is 17.0 Å². The predicted octanol–water partition coefficient (Wildman–Crippen LogP) is 2.62. The third kappa shape index (κ3) is 4.13. The summed E-state index contributed by atoms with van der Waals surface area (Å²) in [7, 11) is 0. The zero-order valence-corrected chi connectivity index (χ0v) is 16.9. The summed E-state index contributed by atoms with van der Waals surface area (Å²) in [6, 6.07) is 6.85. The lowest BCUT2D eigenvalue weighted by Gasteiger charge is -2.29. The number of nitrogens with one attached hydrogen (secondary N) is 2. The first-order valence-electron chi connectivity index (χ1n) is 10.3. The molecular formula is C22H22F2N6O. The topological polar surface area (TPSA) is 75.2 Å². The molecule has 7 nitrogen and oxygen atoms in total. The molecule has 0 aliphatic carbocycles. The van der Waals surface area contributed by atoms with Crippen molar-refractivity contribution >= 4 is 11.4 Å². The largest absolute Gasteiger partial charge is 0.486 e. The maximum atomic E-state index is 14.5. The molecule has 2 aromatic heterocycles. The van der Waals surface area contributed by atoms with Gasteiger partial charge in [-0.25, -0.2) is 18.7 Å². The van der Waals surface area contributed by atoms with Gasteiger partial charge in [0.25, 0.3) is 0 Å². The summed E-state index contributed by atoms with van der Waals surface area (Å²) in [6.07, 6.45) is 3.31. The highest BCUT2D eigenvalue weighted by Gasteiger charge is 2.19. The highest BCUT2D eigenvalue weighted by Crippen LogP contribution is 2.35. The molecule has 0 bridgehead atoms. The van der Waals surface area contributed by atoms with Gasteiger partial charge in [-0.15, -0.1) is 0 Å². The quantitative estimate of drug-likeness (QED) is 0.667. The average molecular weight is 424 g/mol. The van der Waals surface area contributed by atoms with E-state index >= 15 is 0 Å². The van der Waals surface area contributed by atoms with Crippen LogP contribution in [0.4, 0.5) is 20.2 Å². The van der Waals surface area contributed by atoms with Crippen LogP contribution >= 0.6 is 0 Å². The second-order valence-electron chi connectivity index (χ2n) is 7.51. The Morgan fingerprint density at radius 3 is 2.68 bits per heavy atom. The molecule has 5 rings (SSSR count). The summed E-state index contributed by atoms with van der Waals surface area (Å²) in [4.78, 5) is 15.3. The average Bonchev–Trinajstić information content (AvgIpc) is 2.81. The van der Waals surface area contributed by atoms with E-state index < -0.39 is 11.6 Å². The van der Waals surface area contributed by atoms with Crippen LogP contribution in [0.3, 0.4) is 0 Å². The van der Waals surface area contributed by atoms with E-state index in [2.05, 4.69) is 30.5 Å². The summed E-state index contributed by atoms with van der Waals surface area (Å²) in [5, 5.41) is 6.40. The van der Waals surface area contributed by atoms with E-state index in [1.807, 2.05) is 18.3 Å². The Kier molecular flexibility index (Phi) is 5.33. The maximum absolute atomic E-state index is 14.5. The van der Waals surface area contributed by atoms with Crippen molar-refractivity contribution in [2.24, 2.45) is 0 Å². The second kappa shape index (κ2) is 8.43. The van der Waals surface area contributed by atoms with Crippen LogP contribution in [-0.2, 0) is 6.42 Å². The van der Waals surface area contributed by atoms with Crippen LogP contribution in [-0.4, -0.2) is 54.3 Å². The lowest BCUT2D eigenvalue weighted by Crippen LogP contribution is -2.43. The van der Waals surface area contributed by atoms with Gasteiger partial charge >= 0.3 is 0 Å². The van der Waals surface area contributed by atoms with Gasteiger partial charge in [0.05, 0.1) is 30.2 Å². The molecule has 1 fully saturated rings. The molecule has 0 radical (unpaired) electrons. The molecule has 0 atom stereocenters. The van der Waals surface area contributed by atoms with Crippen molar-refractivity contribution in [1.29, 1.82) is 0 Å². The van der Waals surface area contributed by atoms with Crippen molar-refractivity contribution in [3.05, 3.63) is 59.8 Å². The SMILES string of the molecule is Fc1cnc(Cc2ccc(N3CCNCC3)cn2)nc1-c1cc(F)c2c(c1)NCCO2. The molecule has 4 heterocycles. The number of benzene rings is 1. The first-order valence-corrected chi connectivity index (χ1v) is 10.3. The number of ether oxygens (including phenoxy) is 1. The molecule has 160 valence electrons. The zero-order valence-electron chi connectivity index (χ0n) is 16.9. The highest BCUT2D eigenvalue weighted by molar-refractivity contribution is 5.71. The maximum Gasteiger partial charge on any atom is 0.178 e. The van der Waals surface area contributed by atoms with Crippen molar-refractivity contribution in [1.82, 2.24) is 20.3 Å². The van der Waals surface area contributed by atoms with Gasteiger partial charge in [0, 0.05) is 44.0 Å². The summed E-state index contributed by atoms with van der Waals surface area (Å²) in [5.74, 6) is -0.592. The summed E-state index contributed by atoms with van der Waals surface area (Å²) < 4.78 is 34.3. The fourth-order valence-corrected chi connectivity index (χ4v) is 3.83. The van der Waals surface area contributed by atoms with Gasteiger partial charge in [0.1, 0.15) is 18.1 Å². The lowest BCUT2D eigenvalue weighted by atomic mass is 10.1. The number of halogens is 2. The van der Waals surface area contributed by atoms with E-state index in [0.29, 0.717) is 36.6 Å². The van der Waals surface area contributed by atoms with Crippen molar-refractivity contribution in [3.63, 3.8) is 0 Å².